The SMILES string of the molecule is O=C(O)C(c1ccccc1)N1C(=O)COc2ccc([N+](=O)[O-])nc21. The van der Waals surface area contributed by atoms with Crippen molar-refractivity contribution >= 4 is 23.5 Å². The second-order valence-corrected chi connectivity index (χ2v) is 4.95. The van der Waals surface area contributed by atoms with Crippen LogP contribution in [0, 0.1) is 10.1 Å². The second kappa shape index (κ2) is 5.95. The van der Waals surface area contributed by atoms with Gasteiger partial charge in [-0.3, -0.25) is 9.69 Å². The zero-order valence-electron chi connectivity index (χ0n) is 12.2. The van der Waals surface area contributed by atoms with Crippen molar-refractivity contribution in [3.8, 4) is 5.75 Å². The van der Waals surface area contributed by atoms with Gasteiger partial charge >= 0.3 is 11.8 Å². The number of fused-ring (bicyclic) bond motifs is 1. The van der Waals surface area contributed by atoms with Crippen LogP contribution in [0.1, 0.15) is 11.6 Å². The molecule has 1 aliphatic heterocycles. The number of aliphatic carboxylic acids is 1. The van der Waals surface area contributed by atoms with Gasteiger partial charge in [0.05, 0.1) is 0 Å². The number of anilines is 1. The van der Waals surface area contributed by atoms with E-state index in [2.05, 4.69) is 4.98 Å². The van der Waals surface area contributed by atoms with Gasteiger partial charge in [-0.05, 0) is 21.5 Å². The molecule has 0 saturated carbocycles. The van der Waals surface area contributed by atoms with Crippen LogP contribution in [0.4, 0.5) is 11.6 Å². The predicted octanol–water partition coefficient (Wildman–Crippen LogP) is 1.54. The van der Waals surface area contributed by atoms with Gasteiger partial charge in [0, 0.05) is 6.07 Å². The van der Waals surface area contributed by atoms with Crippen molar-refractivity contribution in [3.63, 3.8) is 0 Å². The molecule has 0 saturated heterocycles. The quantitative estimate of drug-likeness (QED) is 0.666. The maximum Gasteiger partial charge on any atom is 0.366 e. The summed E-state index contributed by atoms with van der Waals surface area (Å²) in [4.78, 5) is 39.0. The Bertz CT molecular complexity index is 823. The van der Waals surface area contributed by atoms with Crippen LogP contribution in [-0.4, -0.2) is 33.5 Å². The Kier molecular flexibility index (Phi) is 3.82. The molecule has 0 aliphatic carbocycles. The highest BCUT2D eigenvalue weighted by atomic mass is 16.6. The molecule has 122 valence electrons. The smallest absolute Gasteiger partial charge is 0.366 e. The summed E-state index contributed by atoms with van der Waals surface area (Å²) in [6, 6.07) is 9.15. The van der Waals surface area contributed by atoms with Gasteiger partial charge in [0.1, 0.15) is 0 Å². The number of carbonyl (C=O) groups is 2. The summed E-state index contributed by atoms with van der Waals surface area (Å²) in [7, 11) is 0. The minimum Gasteiger partial charge on any atom is -0.479 e. The molecule has 9 heteroatoms. The van der Waals surface area contributed by atoms with Crippen LogP contribution >= 0.6 is 0 Å². The highest BCUT2D eigenvalue weighted by Gasteiger charge is 2.41. The van der Waals surface area contributed by atoms with Crippen molar-refractivity contribution < 1.29 is 24.4 Å². The van der Waals surface area contributed by atoms with E-state index in [0.717, 1.165) is 11.0 Å². The number of hydrogen-bond donors (Lipinski definition) is 1. The van der Waals surface area contributed by atoms with E-state index in [9.17, 15) is 24.8 Å². The van der Waals surface area contributed by atoms with E-state index in [1.165, 1.54) is 6.07 Å². The molecule has 1 amide bonds. The lowest BCUT2D eigenvalue weighted by Crippen LogP contribution is -2.45. The van der Waals surface area contributed by atoms with Crippen LogP contribution in [0.15, 0.2) is 42.5 Å². The number of pyridine rings is 1. The molecule has 3 rings (SSSR count). The van der Waals surface area contributed by atoms with Crippen molar-refractivity contribution in [1.82, 2.24) is 4.98 Å². The van der Waals surface area contributed by atoms with Gasteiger partial charge in [-0.1, -0.05) is 30.3 Å². The molecule has 9 nitrogen and oxygen atoms in total. The predicted molar refractivity (Wildman–Crippen MR) is 80.7 cm³/mol. The van der Waals surface area contributed by atoms with E-state index >= 15 is 0 Å². The Hall–Kier alpha value is -3.49. The zero-order valence-corrected chi connectivity index (χ0v) is 12.2. The van der Waals surface area contributed by atoms with Crippen molar-refractivity contribution in [2.45, 2.75) is 6.04 Å². The fourth-order valence-corrected chi connectivity index (χ4v) is 2.44. The fraction of sp³-hybridized carbons (Fsp3) is 0.133. The lowest BCUT2D eigenvalue weighted by atomic mass is 10.0. The average Bonchev–Trinajstić information content (AvgIpc) is 2.57. The van der Waals surface area contributed by atoms with E-state index in [-0.39, 0.29) is 18.2 Å². The Morgan fingerprint density at radius 2 is 2.00 bits per heavy atom. The topological polar surface area (TPSA) is 123 Å². The lowest BCUT2D eigenvalue weighted by Gasteiger charge is -2.30. The second-order valence-electron chi connectivity index (χ2n) is 4.95. The molecule has 1 aromatic carbocycles. The number of hydrogen-bond acceptors (Lipinski definition) is 6. The van der Waals surface area contributed by atoms with Gasteiger partial charge in [-0.15, -0.1) is 0 Å². The average molecular weight is 329 g/mol. The maximum absolute atomic E-state index is 12.3. The minimum atomic E-state index is -1.36. The van der Waals surface area contributed by atoms with Gasteiger partial charge in [-0.2, -0.15) is 0 Å². The van der Waals surface area contributed by atoms with Gasteiger partial charge in [-0.25, -0.2) is 4.79 Å². The number of carboxylic acid groups (broad SMARTS) is 1. The molecule has 24 heavy (non-hydrogen) atoms. The van der Waals surface area contributed by atoms with Gasteiger partial charge in [0.15, 0.2) is 18.4 Å². The third-order valence-electron chi connectivity index (χ3n) is 3.47. The summed E-state index contributed by atoms with van der Waals surface area (Å²) in [5, 5.41) is 20.5. The first-order valence-corrected chi connectivity index (χ1v) is 6.87. The molecule has 1 aromatic heterocycles. The summed E-state index contributed by atoms with van der Waals surface area (Å²) < 4.78 is 5.20. The highest BCUT2D eigenvalue weighted by molar-refractivity contribution is 6.02. The zero-order chi connectivity index (χ0) is 17.3. The number of ether oxygens (including phenoxy) is 1. The Morgan fingerprint density at radius 1 is 1.29 bits per heavy atom. The molecule has 1 unspecified atom stereocenters. The van der Waals surface area contributed by atoms with Crippen LogP contribution in [0.3, 0.4) is 0 Å². The van der Waals surface area contributed by atoms with Crippen molar-refractivity contribution in [1.29, 1.82) is 0 Å². The number of nitrogens with zero attached hydrogens (tertiary/aromatic N) is 3. The number of amides is 1. The van der Waals surface area contributed by atoms with E-state index < -0.39 is 28.7 Å². The third-order valence-corrected chi connectivity index (χ3v) is 3.47. The van der Waals surface area contributed by atoms with Crippen LogP contribution in [-0.2, 0) is 9.59 Å². The van der Waals surface area contributed by atoms with Gasteiger partial charge < -0.3 is 20.0 Å². The number of carboxylic acids is 1. The van der Waals surface area contributed by atoms with Crippen molar-refractivity contribution in [2.24, 2.45) is 0 Å². The van der Waals surface area contributed by atoms with Gasteiger partial charge in [0.2, 0.25) is 0 Å². The summed E-state index contributed by atoms with van der Waals surface area (Å²) >= 11 is 0. The van der Waals surface area contributed by atoms with E-state index in [0.29, 0.717) is 5.56 Å². The molecule has 0 spiro atoms. The van der Waals surface area contributed by atoms with Gasteiger partial charge in [0.25, 0.3) is 11.7 Å². The summed E-state index contributed by atoms with van der Waals surface area (Å²) in [6.45, 7) is -0.372. The minimum absolute atomic E-state index is 0.113. The normalized spacial score (nSPS) is 14.5. The Labute approximate surface area is 135 Å². The first kappa shape index (κ1) is 15.4. The molecule has 0 bridgehead atoms. The summed E-state index contributed by atoms with van der Waals surface area (Å²) in [6.07, 6.45) is 0. The number of nitro groups is 1. The molecule has 2 aromatic rings. The standard InChI is InChI=1S/C15H11N3O6/c19-12-8-24-10-6-7-11(18(22)23)16-14(10)17(12)13(15(20)21)9-4-2-1-3-5-9/h1-7,13H,8H2,(H,20,21). The van der Waals surface area contributed by atoms with Crippen LogP contribution < -0.4 is 9.64 Å². The Balaban J connectivity index is 2.16. The number of carbonyl (C=O) groups excluding carboxylic acids is 1. The van der Waals surface area contributed by atoms with Crippen molar-refractivity contribution in [2.75, 3.05) is 11.5 Å². The lowest BCUT2D eigenvalue weighted by molar-refractivity contribution is -0.389. The molecule has 0 radical (unpaired) electrons. The molecule has 0 fully saturated rings. The Morgan fingerprint density at radius 3 is 2.62 bits per heavy atom. The first-order valence-electron chi connectivity index (χ1n) is 6.87. The highest BCUT2D eigenvalue weighted by Crippen LogP contribution is 2.37. The monoisotopic (exact) mass is 329 g/mol. The van der Waals surface area contributed by atoms with Crippen LogP contribution in [0.2, 0.25) is 0 Å². The molecule has 1 N–H and O–H groups in total. The first-order chi connectivity index (χ1) is 11.5. The van der Waals surface area contributed by atoms with E-state index in [1.54, 1.807) is 30.3 Å². The van der Waals surface area contributed by atoms with Crippen molar-refractivity contribution in [3.05, 3.63) is 58.1 Å². The van der Waals surface area contributed by atoms with Crippen LogP contribution in [0.25, 0.3) is 0 Å². The van der Waals surface area contributed by atoms with Crippen LogP contribution in [0.5, 0.6) is 5.75 Å². The third kappa shape index (κ3) is 2.62. The maximum atomic E-state index is 12.3. The summed E-state index contributed by atoms with van der Waals surface area (Å²) in [5.74, 6) is -2.50. The fourth-order valence-electron chi connectivity index (χ4n) is 2.44. The molecular weight excluding hydrogens is 318 g/mol. The molecule has 1 aliphatic rings. The molecular formula is C15H11N3O6. The number of rotatable bonds is 4. The molecule has 1 atom stereocenters. The number of aromatic nitrogens is 1. The van der Waals surface area contributed by atoms with E-state index in [1.807, 2.05) is 0 Å². The largest absolute Gasteiger partial charge is 0.479 e. The molecule has 2 heterocycles. The summed E-state index contributed by atoms with van der Waals surface area (Å²) in [5.41, 5.74) is 0.347. The van der Waals surface area contributed by atoms with E-state index in [4.69, 9.17) is 4.74 Å². The number of benzene rings is 1.